The first-order chi connectivity index (χ1) is 13.1. The highest BCUT2D eigenvalue weighted by Crippen LogP contribution is 2.24. The molecule has 1 atom stereocenters. The zero-order chi connectivity index (χ0) is 20.2. The summed E-state index contributed by atoms with van der Waals surface area (Å²) in [6.45, 7) is 12.9. The Morgan fingerprint density at radius 2 is 1.74 bits per heavy atom. The Labute approximate surface area is 173 Å². The van der Waals surface area contributed by atoms with E-state index < -0.39 is 0 Å². The third kappa shape index (κ3) is 21.7. The maximum Gasteiger partial charge on any atom is 0.223 e. The van der Waals surface area contributed by atoms with Crippen LogP contribution in [0, 0.1) is 11.8 Å². The van der Waals surface area contributed by atoms with Crippen LogP contribution in [0.4, 0.5) is 0 Å². The molecule has 158 valence electrons. The molecule has 0 aromatic carbocycles. The maximum absolute atomic E-state index is 11.5. The van der Waals surface area contributed by atoms with Crippen molar-refractivity contribution in [1.29, 1.82) is 0 Å². The molecule has 0 spiro atoms. The molecular weight excluding hydrogens is 382 g/mol. The predicted octanol–water partition coefficient (Wildman–Crippen LogP) is 2.25. The van der Waals surface area contributed by atoms with Crippen LogP contribution in [0.15, 0.2) is 0 Å². The quantitative estimate of drug-likeness (QED) is 0.145. The van der Waals surface area contributed by atoms with Gasteiger partial charge in [-0.25, -0.2) is 0 Å². The second kappa shape index (κ2) is 20.3. The van der Waals surface area contributed by atoms with Gasteiger partial charge < -0.3 is 25.4 Å². The topological polar surface area (TPSA) is 71.6 Å². The molecular formula is C19H37N3O3S2. The molecule has 0 bridgehead atoms. The summed E-state index contributed by atoms with van der Waals surface area (Å²) in [6, 6.07) is 0.551. The standard InChI is InChI=1S/C19H37N3O3S2/c1-5-6-7-9-22-19(23)8-12-24-14-15-25-13-10-21-18(4)27-26-16-11-20-17(2)3/h17-18,20-21H,5,8-16H2,1-4H3,(H,22,23). The van der Waals surface area contributed by atoms with Gasteiger partial charge in [0.2, 0.25) is 5.91 Å². The molecule has 27 heavy (non-hydrogen) atoms. The Hall–Kier alpha value is -0.430. The summed E-state index contributed by atoms with van der Waals surface area (Å²) in [4.78, 5) is 11.5. The Morgan fingerprint density at radius 3 is 2.44 bits per heavy atom. The first-order valence-corrected chi connectivity index (χ1v) is 12.1. The molecule has 0 aromatic rings. The van der Waals surface area contributed by atoms with Gasteiger partial charge in [0.25, 0.3) is 0 Å². The SMILES string of the molecule is CCC#CCNC(=O)CCOCCOCCNC(C)SSCCNC(C)C. The molecule has 0 aromatic heterocycles. The Bertz CT molecular complexity index is 415. The summed E-state index contributed by atoms with van der Waals surface area (Å²) >= 11 is 0. The predicted molar refractivity (Wildman–Crippen MR) is 118 cm³/mol. The highest BCUT2D eigenvalue weighted by Gasteiger charge is 2.02. The first-order valence-electron chi connectivity index (χ1n) is 9.69. The van der Waals surface area contributed by atoms with E-state index in [4.69, 9.17) is 9.47 Å². The monoisotopic (exact) mass is 419 g/mol. The van der Waals surface area contributed by atoms with Crippen LogP contribution in [0.3, 0.4) is 0 Å². The molecule has 1 unspecified atom stereocenters. The maximum atomic E-state index is 11.5. The number of rotatable bonds is 17. The van der Waals surface area contributed by atoms with Crippen molar-refractivity contribution in [2.24, 2.45) is 0 Å². The zero-order valence-electron chi connectivity index (χ0n) is 17.3. The molecule has 8 heteroatoms. The summed E-state index contributed by atoms with van der Waals surface area (Å²) in [7, 11) is 3.73. The second-order valence-electron chi connectivity index (χ2n) is 6.08. The van der Waals surface area contributed by atoms with Crippen LogP contribution in [-0.4, -0.2) is 69.1 Å². The van der Waals surface area contributed by atoms with Gasteiger partial charge >= 0.3 is 0 Å². The van der Waals surface area contributed by atoms with Crippen molar-refractivity contribution in [3.63, 3.8) is 0 Å². The average molecular weight is 420 g/mol. The van der Waals surface area contributed by atoms with Crippen molar-refractivity contribution in [1.82, 2.24) is 16.0 Å². The van der Waals surface area contributed by atoms with E-state index in [2.05, 4.69) is 48.6 Å². The van der Waals surface area contributed by atoms with Crippen molar-refractivity contribution in [2.45, 2.75) is 52.0 Å². The van der Waals surface area contributed by atoms with Gasteiger partial charge in [0, 0.05) is 37.7 Å². The third-order valence-electron chi connectivity index (χ3n) is 3.15. The Kier molecular flexibility index (Phi) is 20.0. The molecule has 0 aliphatic rings. The summed E-state index contributed by atoms with van der Waals surface area (Å²) in [5, 5.41) is 9.96. The van der Waals surface area contributed by atoms with Crippen molar-refractivity contribution in [2.75, 3.05) is 51.8 Å². The van der Waals surface area contributed by atoms with E-state index in [-0.39, 0.29) is 5.91 Å². The molecule has 1 amide bonds. The van der Waals surface area contributed by atoms with Crippen molar-refractivity contribution in [3.8, 4) is 11.8 Å². The number of carbonyl (C=O) groups is 1. The Balaban J connectivity index is 3.29. The van der Waals surface area contributed by atoms with E-state index in [1.807, 2.05) is 28.5 Å². The summed E-state index contributed by atoms with van der Waals surface area (Å²) in [6.07, 6.45) is 1.16. The number of carbonyl (C=O) groups excluding carboxylic acids is 1. The summed E-state index contributed by atoms with van der Waals surface area (Å²) in [5.74, 6) is 6.85. The van der Waals surface area contributed by atoms with Crippen molar-refractivity contribution >= 4 is 27.5 Å². The fraction of sp³-hybridized carbons (Fsp3) is 0.842. The third-order valence-corrected chi connectivity index (χ3v) is 5.89. The fourth-order valence-corrected chi connectivity index (χ4v) is 3.86. The number of hydrogen-bond acceptors (Lipinski definition) is 7. The van der Waals surface area contributed by atoms with Crippen LogP contribution in [0.25, 0.3) is 0 Å². The zero-order valence-corrected chi connectivity index (χ0v) is 18.9. The minimum atomic E-state index is -0.0325. The van der Waals surface area contributed by atoms with Gasteiger partial charge in [0.05, 0.1) is 38.3 Å². The normalized spacial score (nSPS) is 11.9. The Morgan fingerprint density at radius 1 is 1.00 bits per heavy atom. The van der Waals surface area contributed by atoms with Crippen LogP contribution >= 0.6 is 21.6 Å². The molecule has 0 heterocycles. The minimum absolute atomic E-state index is 0.0325. The highest BCUT2D eigenvalue weighted by molar-refractivity contribution is 8.76. The van der Waals surface area contributed by atoms with Crippen molar-refractivity contribution < 1.29 is 14.3 Å². The molecule has 0 aliphatic carbocycles. The molecule has 0 rings (SSSR count). The van der Waals surface area contributed by atoms with Gasteiger partial charge in [-0.2, -0.15) is 0 Å². The molecule has 0 saturated carbocycles. The van der Waals surface area contributed by atoms with E-state index in [1.54, 1.807) is 0 Å². The van der Waals surface area contributed by atoms with E-state index >= 15 is 0 Å². The van der Waals surface area contributed by atoms with Crippen LogP contribution in [0.1, 0.15) is 40.5 Å². The average Bonchev–Trinajstić information content (AvgIpc) is 2.63. The van der Waals surface area contributed by atoms with Crippen LogP contribution in [0.2, 0.25) is 0 Å². The van der Waals surface area contributed by atoms with Gasteiger partial charge in [0.1, 0.15) is 0 Å². The largest absolute Gasteiger partial charge is 0.379 e. The van der Waals surface area contributed by atoms with E-state index in [0.717, 1.165) is 25.3 Å². The lowest BCUT2D eigenvalue weighted by molar-refractivity contribution is -0.122. The van der Waals surface area contributed by atoms with Crippen LogP contribution < -0.4 is 16.0 Å². The van der Waals surface area contributed by atoms with Crippen LogP contribution in [0.5, 0.6) is 0 Å². The van der Waals surface area contributed by atoms with Gasteiger partial charge in [-0.3, -0.25) is 4.79 Å². The number of nitrogens with one attached hydrogen (secondary N) is 3. The molecule has 0 aliphatic heterocycles. The molecule has 3 N–H and O–H groups in total. The fourth-order valence-electron chi connectivity index (χ4n) is 1.81. The van der Waals surface area contributed by atoms with E-state index in [1.165, 1.54) is 0 Å². The molecule has 6 nitrogen and oxygen atoms in total. The lowest BCUT2D eigenvalue weighted by Crippen LogP contribution is -2.27. The summed E-state index contributed by atoms with van der Waals surface area (Å²) in [5.41, 5.74) is 0. The lowest BCUT2D eigenvalue weighted by atomic mass is 10.4. The number of amides is 1. The molecule has 0 radical (unpaired) electrons. The molecule has 0 saturated heterocycles. The van der Waals surface area contributed by atoms with Crippen LogP contribution in [-0.2, 0) is 14.3 Å². The van der Waals surface area contributed by atoms with Gasteiger partial charge in [-0.1, -0.05) is 48.3 Å². The van der Waals surface area contributed by atoms with Crippen molar-refractivity contribution in [3.05, 3.63) is 0 Å². The van der Waals surface area contributed by atoms with Gasteiger partial charge in [-0.05, 0) is 6.92 Å². The second-order valence-corrected chi connectivity index (χ2v) is 8.91. The van der Waals surface area contributed by atoms with Gasteiger partial charge in [0.15, 0.2) is 0 Å². The summed E-state index contributed by atoms with van der Waals surface area (Å²) < 4.78 is 10.9. The van der Waals surface area contributed by atoms with Gasteiger partial charge in [-0.15, -0.1) is 5.92 Å². The minimum Gasteiger partial charge on any atom is -0.379 e. The highest BCUT2D eigenvalue weighted by atomic mass is 33.1. The van der Waals surface area contributed by atoms with E-state index in [9.17, 15) is 4.79 Å². The van der Waals surface area contributed by atoms with E-state index in [0.29, 0.717) is 50.8 Å². The smallest absolute Gasteiger partial charge is 0.223 e. The number of hydrogen-bond donors (Lipinski definition) is 3. The number of ether oxygens (including phenoxy) is 2. The lowest BCUT2D eigenvalue weighted by Gasteiger charge is -2.13. The molecule has 0 fully saturated rings. The first kappa shape index (κ1) is 26.6.